The molecule has 64 valence electrons. The summed E-state index contributed by atoms with van der Waals surface area (Å²) >= 11 is 3.53. The van der Waals surface area contributed by atoms with E-state index in [0.29, 0.717) is 0 Å². The second-order valence-electron chi connectivity index (χ2n) is 2.50. The fourth-order valence-electron chi connectivity index (χ4n) is 1.09. The van der Waals surface area contributed by atoms with E-state index in [1.165, 1.54) is 10.1 Å². The van der Waals surface area contributed by atoms with Crippen LogP contribution in [0, 0.1) is 0 Å². The van der Waals surface area contributed by atoms with Crippen molar-refractivity contribution in [3.63, 3.8) is 0 Å². The molecule has 0 amide bonds. The van der Waals surface area contributed by atoms with Crippen LogP contribution in [0.3, 0.4) is 0 Å². The SMILES string of the molecule is CC/C(Br)=C1/C=CC=CC1=NC. The third-order valence-corrected chi connectivity index (χ3v) is 2.74. The van der Waals surface area contributed by atoms with Gasteiger partial charge in [0.25, 0.3) is 0 Å². The van der Waals surface area contributed by atoms with Gasteiger partial charge in [0.15, 0.2) is 0 Å². The number of nitrogens with zero attached hydrogens (tertiary/aromatic N) is 1. The summed E-state index contributed by atoms with van der Waals surface area (Å²) in [7, 11) is 1.81. The van der Waals surface area contributed by atoms with Crippen LogP contribution in [0.25, 0.3) is 0 Å². The second kappa shape index (κ2) is 4.41. The van der Waals surface area contributed by atoms with Gasteiger partial charge >= 0.3 is 0 Å². The monoisotopic (exact) mass is 225 g/mol. The van der Waals surface area contributed by atoms with Gasteiger partial charge in [0.2, 0.25) is 0 Å². The Morgan fingerprint density at radius 3 is 2.67 bits per heavy atom. The lowest BCUT2D eigenvalue weighted by atomic mass is 10.0. The normalized spacial score (nSPS) is 23.4. The first-order valence-corrected chi connectivity index (χ1v) is 4.79. The second-order valence-corrected chi connectivity index (χ2v) is 3.46. The average molecular weight is 226 g/mol. The Morgan fingerprint density at radius 1 is 1.42 bits per heavy atom. The zero-order valence-corrected chi connectivity index (χ0v) is 8.93. The first-order chi connectivity index (χ1) is 5.79. The molecule has 0 atom stereocenters. The van der Waals surface area contributed by atoms with Crippen molar-refractivity contribution in [3.05, 3.63) is 34.4 Å². The standard InChI is InChI=1S/C10H12BrN/c1-3-9(11)8-6-4-5-7-10(8)12-2/h4-7H,3H2,1-2H3/b9-8+,12-10?. The lowest BCUT2D eigenvalue weighted by Gasteiger charge is -2.07. The van der Waals surface area contributed by atoms with E-state index in [1.54, 1.807) is 0 Å². The van der Waals surface area contributed by atoms with Gasteiger partial charge in [-0.3, -0.25) is 4.99 Å². The Balaban J connectivity index is 3.06. The minimum absolute atomic E-state index is 1.01. The molecule has 0 aromatic heterocycles. The fraction of sp³-hybridized carbons (Fsp3) is 0.300. The van der Waals surface area contributed by atoms with E-state index in [0.717, 1.165) is 12.1 Å². The van der Waals surface area contributed by atoms with E-state index in [-0.39, 0.29) is 0 Å². The molecule has 0 bridgehead atoms. The van der Waals surface area contributed by atoms with Gasteiger partial charge in [-0.25, -0.2) is 0 Å². The van der Waals surface area contributed by atoms with E-state index in [4.69, 9.17) is 0 Å². The third kappa shape index (κ3) is 1.95. The molecular weight excluding hydrogens is 214 g/mol. The van der Waals surface area contributed by atoms with E-state index in [9.17, 15) is 0 Å². The smallest absolute Gasteiger partial charge is 0.0651 e. The molecule has 0 unspecified atom stereocenters. The topological polar surface area (TPSA) is 12.4 Å². The summed E-state index contributed by atoms with van der Waals surface area (Å²) in [6, 6.07) is 0. The molecule has 0 heterocycles. The van der Waals surface area contributed by atoms with Crippen molar-refractivity contribution < 1.29 is 0 Å². The van der Waals surface area contributed by atoms with Crippen molar-refractivity contribution in [3.8, 4) is 0 Å². The molecule has 0 saturated heterocycles. The van der Waals surface area contributed by atoms with Crippen LogP contribution < -0.4 is 0 Å². The molecule has 0 saturated carbocycles. The highest BCUT2D eigenvalue weighted by molar-refractivity contribution is 9.11. The Hall–Kier alpha value is -0.630. The van der Waals surface area contributed by atoms with E-state index < -0.39 is 0 Å². The number of halogens is 1. The Bertz CT molecular complexity index is 282. The molecule has 0 aliphatic heterocycles. The highest BCUT2D eigenvalue weighted by Crippen LogP contribution is 2.20. The molecule has 1 nitrogen and oxygen atoms in total. The summed E-state index contributed by atoms with van der Waals surface area (Å²) < 4.78 is 1.21. The maximum atomic E-state index is 4.19. The first-order valence-electron chi connectivity index (χ1n) is 4.00. The molecule has 12 heavy (non-hydrogen) atoms. The third-order valence-electron chi connectivity index (χ3n) is 1.75. The van der Waals surface area contributed by atoms with Gasteiger partial charge in [-0.15, -0.1) is 0 Å². The van der Waals surface area contributed by atoms with Gasteiger partial charge in [-0.1, -0.05) is 41.1 Å². The summed E-state index contributed by atoms with van der Waals surface area (Å²) in [5.41, 5.74) is 2.24. The number of aliphatic imine (C=N–C) groups is 1. The summed E-state index contributed by atoms with van der Waals surface area (Å²) in [6.07, 6.45) is 9.14. The van der Waals surface area contributed by atoms with Crippen LogP contribution in [0.4, 0.5) is 0 Å². The fourth-order valence-corrected chi connectivity index (χ4v) is 1.42. The molecule has 1 aliphatic rings. The number of allylic oxidation sites excluding steroid dienone is 6. The van der Waals surface area contributed by atoms with E-state index >= 15 is 0 Å². The van der Waals surface area contributed by atoms with Gasteiger partial charge in [0, 0.05) is 17.1 Å². The molecule has 2 heteroatoms. The molecule has 0 spiro atoms. The van der Waals surface area contributed by atoms with Crippen LogP contribution in [-0.2, 0) is 0 Å². The van der Waals surface area contributed by atoms with Crippen molar-refractivity contribution in [1.82, 2.24) is 0 Å². The Morgan fingerprint density at radius 2 is 2.08 bits per heavy atom. The molecule has 0 N–H and O–H groups in total. The van der Waals surface area contributed by atoms with E-state index in [2.05, 4.69) is 33.9 Å². The van der Waals surface area contributed by atoms with Crippen LogP contribution in [0.5, 0.6) is 0 Å². The maximum absolute atomic E-state index is 4.19. The minimum atomic E-state index is 1.01. The molecule has 1 rings (SSSR count). The Labute approximate surface area is 81.7 Å². The Kier molecular flexibility index (Phi) is 3.48. The summed E-state index contributed by atoms with van der Waals surface area (Å²) in [5.74, 6) is 0. The van der Waals surface area contributed by atoms with Gasteiger partial charge in [-0.05, 0) is 12.5 Å². The zero-order valence-electron chi connectivity index (χ0n) is 7.34. The van der Waals surface area contributed by atoms with Crippen LogP contribution in [-0.4, -0.2) is 12.8 Å². The van der Waals surface area contributed by atoms with Crippen molar-refractivity contribution >= 4 is 21.6 Å². The molecule has 1 aliphatic carbocycles. The van der Waals surface area contributed by atoms with Crippen LogP contribution >= 0.6 is 15.9 Å². The van der Waals surface area contributed by atoms with Crippen molar-refractivity contribution in [2.45, 2.75) is 13.3 Å². The lowest BCUT2D eigenvalue weighted by molar-refractivity contribution is 1.19. The highest BCUT2D eigenvalue weighted by atomic mass is 79.9. The zero-order chi connectivity index (χ0) is 8.97. The van der Waals surface area contributed by atoms with Gasteiger partial charge in [0.1, 0.15) is 0 Å². The van der Waals surface area contributed by atoms with Gasteiger partial charge < -0.3 is 0 Å². The predicted molar refractivity (Wildman–Crippen MR) is 57.9 cm³/mol. The highest BCUT2D eigenvalue weighted by Gasteiger charge is 2.06. The van der Waals surface area contributed by atoms with Crippen molar-refractivity contribution in [1.29, 1.82) is 0 Å². The van der Waals surface area contributed by atoms with Crippen LogP contribution in [0.1, 0.15) is 13.3 Å². The predicted octanol–water partition coefficient (Wildman–Crippen LogP) is 3.24. The minimum Gasteiger partial charge on any atom is -0.288 e. The van der Waals surface area contributed by atoms with E-state index in [1.807, 2.05) is 25.3 Å². The summed E-state index contributed by atoms with van der Waals surface area (Å²) in [5, 5.41) is 0. The molecule has 0 fully saturated rings. The first kappa shape index (κ1) is 9.46. The van der Waals surface area contributed by atoms with Crippen molar-refractivity contribution in [2.75, 3.05) is 7.05 Å². The van der Waals surface area contributed by atoms with Crippen LogP contribution in [0.2, 0.25) is 0 Å². The van der Waals surface area contributed by atoms with Crippen LogP contribution in [0.15, 0.2) is 39.4 Å². The lowest BCUT2D eigenvalue weighted by Crippen LogP contribution is -2.01. The average Bonchev–Trinajstić information content (AvgIpc) is 2.16. The molecule has 0 aromatic rings. The largest absolute Gasteiger partial charge is 0.288 e. The quantitative estimate of drug-likeness (QED) is 0.650. The number of rotatable bonds is 1. The number of hydrogen-bond donors (Lipinski definition) is 0. The molecular formula is C10H12BrN. The van der Waals surface area contributed by atoms with Gasteiger partial charge in [-0.2, -0.15) is 0 Å². The molecule has 0 aromatic carbocycles. The van der Waals surface area contributed by atoms with Crippen molar-refractivity contribution in [2.24, 2.45) is 4.99 Å². The maximum Gasteiger partial charge on any atom is 0.0651 e. The molecule has 0 radical (unpaired) electrons. The summed E-state index contributed by atoms with van der Waals surface area (Å²) in [6.45, 7) is 2.12. The summed E-state index contributed by atoms with van der Waals surface area (Å²) in [4.78, 5) is 4.19. The number of hydrogen-bond acceptors (Lipinski definition) is 1. The van der Waals surface area contributed by atoms with Gasteiger partial charge in [0.05, 0.1) is 5.71 Å².